The first-order valence-electron chi connectivity index (χ1n) is 13.9. The highest BCUT2D eigenvalue weighted by Crippen LogP contribution is 2.19. The zero-order chi connectivity index (χ0) is 30.5. The SMILES string of the molecule is COc1cccc(C(=O)N2CCCN(CC(=O)N[C@H]3CC(=O)OC3O)C(=O)[C@@H](NC(=O)c3ccc4ccccc4c3)C2)c1. The number of carbonyl (C=O) groups excluding carboxylic acids is 5. The predicted octanol–water partition coefficient (Wildman–Crippen LogP) is 1.07. The third-order valence-corrected chi connectivity index (χ3v) is 7.45. The Bertz CT molecular complexity index is 1560. The summed E-state index contributed by atoms with van der Waals surface area (Å²) in [6.45, 7) is -0.120. The number of fused-ring (bicyclic) bond motifs is 1. The van der Waals surface area contributed by atoms with Gasteiger partial charge in [0.05, 0.1) is 26.6 Å². The van der Waals surface area contributed by atoms with Crippen LogP contribution in [-0.4, -0.2) is 96.2 Å². The van der Waals surface area contributed by atoms with Crippen LogP contribution in [0.15, 0.2) is 66.7 Å². The largest absolute Gasteiger partial charge is 0.497 e. The Kier molecular flexibility index (Phi) is 8.86. The van der Waals surface area contributed by atoms with Crippen LogP contribution in [0.3, 0.4) is 0 Å². The van der Waals surface area contributed by atoms with Gasteiger partial charge in [-0.2, -0.15) is 0 Å². The van der Waals surface area contributed by atoms with Crippen LogP contribution < -0.4 is 15.4 Å². The Balaban J connectivity index is 1.36. The molecule has 4 amide bonds. The van der Waals surface area contributed by atoms with E-state index in [4.69, 9.17) is 4.74 Å². The molecule has 12 heteroatoms. The van der Waals surface area contributed by atoms with Gasteiger partial charge < -0.3 is 35.0 Å². The molecule has 3 aromatic rings. The number of rotatable bonds is 7. The first-order chi connectivity index (χ1) is 20.7. The molecule has 224 valence electrons. The molecular formula is C31H32N4O8. The molecule has 2 fully saturated rings. The van der Waals surface area contributed by atoms with Crippen LogP contribution in [0, 0.1) is 0 Å². The van der Waals surface area contributed by atoms with E-state index in [9.17, 15) is 29.1 Å². The van der Waals surface area contributed by atoms with Crippen LogP contribution >= 0.6 is 0 Å². The summed E-state index contributed by atoms with van der Waals surface area (Å²) in [6.07, 6.45) is -1.29. The van der Waals surface area contributed by atoms with Gasteiger partial charge in [0.15, 0.2) is 0 Å². The topological polar surface area (TPSA) is 155 Å². The zero-order valence-electron chi connectivity index (χ0n) is 23.5. The number of carbonyl (C=O) groups is 5. The molecular weight excluding hydrogens is 556 g/mol. The number of methoxy groups -OCH3 is 1. The number of esters is 1. The van der Waals surface area contributed by atoms with Gasteiger partial charge in [-0.15, -0.1) is 0 Å². The highest BCUT2D eigenvalue weighted by Gasteiger charge is 2.36. The van der Waals surface area contributed by atoms with Gasteiger partial charge in [-0.25, -0.2) is 0 Å². The minimum atomic E-state index is -1.47. The van der Waals surface area contributed by atoms with E-state index in [1.54, 1.807) is 36.4 Å². The van der Waals surface area contributed by atoms with Crippen LogP contribution in [0.4, 0.5) is 0 Å². The first kappa shape index (κ1) is 29.5. The molecule has 2 aliphatic heterocycles. The van der Waals surface area contributed by atoms with Gasteiger partial charge in [-0.05, 0) is 47.5 Å². The molecule has 0 spiro atoms. The molecule has 0 aliphatic carbocycles. The lowest BCUT2D eigenvalue weighted by Gasteiger charge is -2.35. The van der Waals surface area contributed by atoms with E-state index in [0.29, 0.717) is 23.3 Å². The van der Waals surface area contributed by atoms with E-state index in [1.165, 1.54) is 16.9 Å². The molecule has 0 radical (unpaired) electrons. The van der Waals surface area contributed by atoms with Gasteiger partial charge in [-0.1, -0.05) is 36.4 Å². The summed E-state index contributed by atoms with van der Waals surface area (Å²) in [7, 11) is 1.50. The summed E-state index contributed by atoms with van der Waals surface area (Å²) in [4.78, 5) is 67.8. The fourth-order valence-corrected chi connectivity index (χ4v) is 5.23. The summed E-state index contributed by atoms with van der Waals surface area (Å²) in [5, 5.41) is 17.0. The molecule has 2 aliphatic rings. The molecule has 3 aromatic carbocycles. The van der Waals surface area contributed by atoms with E-state index < -0.39 is 42.1 Å². The number of nitrogens with one attached hydrogen (secondary N) is 2. The van der Waals surface area contributed by atoms with Crippen molar-refractivity contribution in [1.29, 1.82) is 0 Å². The number of hydrogen-bond donors (Lipinski definition) is 3. The van der Waals surface area contributed by atoms with Gasteiger partial charge in [0, 0.05) is 24.2 Å². The van der Waals surface area contributed by atoms with E-state index >= 15 is 0 Å². The van der Waals surface area contributed by atoms with Crippen LogP contribution in [0.1, 0.15) is 33.6 Å². The van der Waals surface area contributed by atoms with E-state index in [2.05, 4.69) is 15.4 Å². The molecule has 12 nitrogen and oxygen atoms in total. The smallest absolute Gasteiger partial charge is 0.310 e. The van der Waals surface area contributed by atoms with Crippen molar-refractivity contribution >= 4 is 40.4 Å². The molecule has 2 heterocycles. The first-order valence-corrected chi connectivity index (χ1v) is 13.9. The van der Waals surface area contributed by atoms with Crippen LogP contribution in [0.2, 0.25) is 0 Å². The highest BCUT2D eigenvalue weighted by molar-refractivity contribution is 6.01. The molecule has 43 heavy (non-hydrogen) atoms. The molecule has 0 bridgehead atoms. The van der Waals surface area contributed by atoms with Crippen molar-refractivity contribution in [1.82, 2.24) is 20.4 Å². The third kappa shape index (κ3) is 6.92. The van der Waals surface area contributed by atoms with Gasteiger partial charge >= 0.3 is 5.97 Å². The summed E-state index contributed by atoms with van der Waals surface area (Å²) < 4.78 is 9.92. The average molecular weight is 589 g/mol. The van der Waals surface area contributed by atoms with Crippen LogP contribution in [0.25, 0.3) is 10.8 Å². The monoisotopic (exact) mass is 588 g/mol. The summed E-state index contributed by atoms with van der Waals surface area (Å²) in [5.41, 5.74) is 0.707. The number of amides is 4. The highest BCUT2D eigenvalue weighted by atomic mass is 16.6. The van der Waals surface area contributed by atoms with Crippen molar-refractivity contribution in [2.75, 3.05) is 33.3 Å². The zero-order valence-corrected chi connectivity index (χ0v) is 23.5. The lowest BCUT2D eigenvalue weighted by molar-refractivity contribution is -0.155. The fraction of sp³-hybridized carbons (Fsp3) is 0.323. The fourth-order valence-electron chi connectivity index (χ4n) is 5.23. The lowest BCUT2D eigenvalue weighted by atomic mass is 10.1. The minimum absolute atomic E-state index is 0.124. The van der Waals surface area contributed by atoms with Gasteiger partial charge in [0.25, 0.3) is 11.8 Å². The number of ether oxygens (including phenoxy) is 2. The number of aliphatic hydroxyl groups is 1. The Morgan fingerprint density at radius 2 is 1.74 bits per heavy atom. The standard InChI is InChI=1S/C31H32N4O8/c1-42-23-9-4-8-22(15-23)29(39)34-12-5-13-35(18-26(36)32-24-16-27(37)43-31(24)41)30(40)25(17-34)33-28(38)21-11-10-19-6-2-3-7-20(19)14-21/h2-4,6-11,14-15,24-25,31,41H,5,12-13,16-18H2,1H3,(H,32,36)(H,33,38)/t24-,25-,31?/m0/s1. The van der Waals surface area contributed by atoms with Gasteiger partial charge in [0.1, 0.15) is 17.8 Å². The van der Waals surface area contributed by atoms with Crippen molar-refractivity contribution in [2.45, 2.75) is 31.2 Å². The molecule has 5 rings (SSSR count). The van der Waals surface area contributed by atoms with Crippen molar-refractivity contribution < 1.29 is 38.6 Å². The Morgan fingerprint density at radius 1 is 0.953 bits per heavy atom. The van der Waals surface area contributed by atoms with Crippen LogP contribution in [0.5, 0.6) is 5.75 Å². The predicted molar refractivity (Wildman–Crippen MR) is 154 cm³/mol. The van der Waals surface area contributed by atoms with E-state index in [0.717, 1.165) is 10.8 Å². The molecule has 3 atom stereocenters. The molecule has 2 saturated heterocycles. The summed E-state index contributed by atoms with van der Waals surface area (Å²) in [5.74, 6) is -2.12. The normalized spacial score (nSPS) is 20.7. The van der Waals surface area contributed by atoms with Gasteiger partial charge in [0.2, 0.25) is 18.1 Å². The van der Waals surface area contributed by atoms with Crippen molar-refractivity contribution in [3.8, 4) is 5.75 Å². The van der Waals surface area contributed by atoms with E-state index in [-0.39, 0.29) is 38.5 Å². The number of hydrogen-bond acceptors (Lipinski definition) is 8. The third-order valence-electron chi connectivity index (χ3n) is 7.45. The lowest BCUT2D eigenvalue weighted by Crippen LogP contribution is -2.58. The second-order valence-corrected chi connectivity index (χ2v) is 10.4. The molecule has 0 saturated carbocycles. The summed E-state index contributed by atoms with van der Waals surface area (Å²) >= 11 is 0. The molecule has 0 aromatic heterocycles. The minimum Gasteiger partial charge on any atom is -0.497 e. The Hall–Kier alpha value is -4.97. The second-order valence-electron chi connectivity index (χ2n) is 10.4. The number of benzene rings is 3. The molecule has 1 unspecified atom stereocenters. The number of nitrogens with zero attached hydrogens (tertiary/aromatic N) is 2. The van der Waals surface area contributed by atoms with Gasteiger partial charge in [-0.3, -0.25) is 24.0 Å². The van der Waals surface area contributed by atoms with Crippen molar-refractivity contribution in [2.24, 2.45) is 0 Å². The number of cyclic esters (lactones) is 1. The van der Waals surface area contributed by atoms with Crippen LogP contribution in [-0.2, 0) is 19.1 Å². The maximum atomic E-state index is 13.8. The van der Waals surface area contributed by atoms with Crippen molar-refractivity contribution in [3.63, 3.8) is 0 Å². The second kappa shape index (κ2) is 12.9. The quantitative estimate of drug-likeness (QED) is 0.347. The average Bonchev–Trinajstić information content (AvgIpc) is 3.33. The molecule has 3 N–H and O–H groups in total. The summed E-state index contributed by atoms with van der Waals surface area (Å²) in [6, 6.07) is 17.3. The maximum absolute atomic E-state index is 13.8. The number of aliphatic hydroxyl groups excluding tert-OH is 1. The Morgan fingerprint density at radius 3 is 2.49 bits per heavy atom. The van der Waals surface area contributed by atoms with Crippen molar-refractivity contribution in [3.05, 3.63) is 77.9 Å². The maximum Gasteiger partial charge on any atom is 0.310 e. The Labute approximate surface area is 247 Å². The van der Waals surface area contributed by atoms with E-state index in [1.807, 2.05) is 30.3 Å².